The summed E-state index contributed by atoms with van der Waals surface area (Å²) in [5.41, 5.74) is 3.05. The predicted molar refractivity (Wildman–Crippen MR) is 143 cm³/mol. The largest absolute Gasteiger partial charge is 0.462 e. The van der Waals surface area contributed by atoms with Gasteiger partial charge in [-0.25, -0.2) is 4.79 Å². The molecule has 3 heterocycles. The molecule has 0 saturated carbocycles. The molecule has 0 atom stereocenters. The first kappa shape index (κ1) is 25.2. The van der Waals surface area contributed by atoms with Crippen molar-refractivity contribution < 1.29 is 14.3 Å². The monoisotopic (exact) mass is 526 g/mol. The molecule has 0 spiro atoms. The van der Waals surface area contributed by atoms with Gasteiger partial charge in [0.15, 0.2) is 11.0 Å². The third-order valence-corrected chi connectivity index (χ3v) is 8.10. The number of nitrogens with zero attached hydrogens (tertiary/aromatic N) is 3. The zero-order valence-electron chi connectivity index (χ0n) is 19.7. The molecule has 182 valence electrons. The molecular formula is C25H26N4O3S3. The molecule has 0 fully saturated rings. The molecule has 0 bridgehead atoms. The van der Waals surface area contributed by atoms with Crippen LogP contribution in [0.15, 0.2) is 52.3 Å². The number of anilines is 1. The molecule has 3 aromatic heterocycles. The van der Waals surface area contributed by atoms with Crippen LogP contribution in [0.3, 0.4) is 0 Å². The van der Waals surface area contributed by atoms with Gasteiger partial charge in [0.2, 0.25) is 5.91 Å². The first-order valence-electron chi connectivity index (χ1n) is 11.3. The first-order valence-corrected chi connectivity index (χ1v) is 14.0. The normalized spacial score (nSPS) is 10.9. The van der Waals surface area contributed by atoms with E-state index in [0.29, 0.717) is 15.7 Å². The van der Waals surface area contributed by atoms with Crippen molar-refractivity contribution in [2.75, 3.05) is 17.7 Å². The Labute approximate surface area is 216 Å². The minimum atomic E-state index is -0.452. The fourth-order valence-electron chi connectivity index (χ4n) is 3.55. The average molecular weight is 527 g/mol. The van der Waals surface area contributed by atoms with Gasteiger partial charge in [-0.2, -0.15) is 0 Å². The van der Waals surface area contributed by atoms with E-state index in [0.717, 1.165) is 35.4 Å². The van der Waals surface area contributed by atoms with Crippen molar-refractivity contribution in [2.24, 2.45) is 7.05 Å². The van der Waals surface area contributed by atoms with E-state index in [4.69, 9.17) is 4.74 Å². The molecule has 4 aromatic rings. The number of benzene rings is 1. The smallest absolute Gasteiger partial charge is 0.341 e. The molecule has 1 amide bonds. The van der Waals surface area contributed by atoms with Gasteiger partial charge in [-0.3, -0.25) is 4.79 Å². The number of aromatic nitrogens is 3. The van der Waals surface area contributed by atoms with E-state index in [9.17, 15) is 9.59 Å². The minimum absolute atomic E-state index is 0.136. The van der Waals surface area contributed by atoms with E-state index < -0.39 is 5.97 Å². The van der Waals surface area contributed by atoms with E-state index in [-0.39, 0.29) is 18.3 Å². The van der Waals surface area contributed by atoms with Gasteiger partial charge < -0.3 is 14.6 Å². The number of carbonyl (C=O) groups excluding carboxylic acids is 2. The number of esters is 1. The van der Waals surface area contributed by atoms with Crippen LogP contribution in [0.2, 0.25) is 0 Å². The van der Waals surface area contributed by atoms with Gasteiger partial charge in [0.1, 0.15) is 10.6 Å². The lowest BCUT2D eigenvalue weighted by Crippen LogP contribution is -2.16. The predicted octanol–water partition coefficient (Wildman–Crippen LogP) is 6.13. The van der Waals surface area contributed by atoms with E-state index in [1.54, 1.807) is 18.3 Å². The van der Waals surface area contributed by atoms with Gasteiger partial charge in [-0.1, -0.05) is 55.4 Å². The Morgan fingerprint density at radius 2 is 1.89 bits per heavy atom. The molecule has 7 nitrogen and oxygen atoms in total. The highest BCUT2D eigenvalue weighted by molar-refractivity contribution is 7.99. The van der Waals surface area contributed by atoms with Gasteiger partial charge >= 0.3 is 5.97 Å². The number of ether oxygens (including phenoxy) is 1. The lowest BCUT2D eigenvalue weighted by atomic mass is 10.0. The number of rotatable bonds is 10. The maximum atomic E-state index is 12.8. The Bertz CT molecular complexity index is 1310. The second kappa shape index (κ2) is 11.7. The van der Waals surface area contributed by atoms with Crippen LogP contribution < -0.4 is 5.32 Å². The number of aryl methyl sites for hydroxylation is 1. The van der Waals surface area contributed by atoms with Crippen LogP contribution in [-0.4, -0.2) is 39.0 Å². The maximum absolute atomic E-state index is 12.8. The van der Waals surface area contributed by atoms with Crippen LogP contribution in [0.5, 0.6) is 0 Å². The number of hydrogen-bond donors (Lipinski definition) is 1. The Kier molecular flexibility index (Phi) is 8.37. The summed E-state index contributed by atoms with van der Waals surface area (Å²) in [6.07, 6.45) is 2.15. The summed E-state index contributed by atoms with van der Waals surface area (Å²) in [6.45, 7) is 4.18. The summed E-state index contributed by atoms with van der Waals surface area (Å²) in [7, 11) is 1.90. The molecule has 1 aromatic carbocycles. The van der Waals surface area contributed by atoms with Gasteiger partial charge in [-0.05, 0) is 25.0 Å². The lowest BCUT2D eigenvalue weighted by molar-refractivity contribution is -0.113. The number of hydrogen-bond acceptors (Lipinski definition) is 8. The van der Waals surface area contributed by atoms with Crippen molar-refractivity contribution in [1.82, 2.24) is 14.8 Å². The Hall–Kier alpha value is -2.95. The fourth-order valence-corrected chi connectivity index (χ4v) is 6.20. The van der Waals surface area contributed by atoms with E-state index in [1.807, 2.05) is 47.3 Å². The zero-order valence-corrected chi connectivity index (χ0v) is 22.2. The molecular weight excluding hydrogens is 501 g/mol. The molecule has 0 aliphatic rings. The number of nitrogens with one attached hydrogen (secondary N) is 1. The van der Waals surface area contributed by atoms with Crippen LogP contribution in [0, 0.1) is 0 Å². The lowest BCUT2D eigenvalue weighted by Gasteiger charge is -2.09. The molecule has 35 heavy (non-hydrogen) atoms. The van der Waals surface area contributed by atoms with Crippen LogP contribution in [0.1, 0.15) is 35.5 Å². The second-order valence-corrected chi connectivity index (χ2v) is 10.5. The molecule has 0 radical (unpaired) electrons. The summed E-state index contributed by atoms with van der Waals surface area (Å²) < 4.78 is 7.17. The average Bonchev–Trinajstić information content (AvgIpc) is 3.57. The van der Waals surface area contributed by atoms with Gasteiger partial charge in [0.25, 0.3) is 0 Å². The van der Waals surface area contributed by atoms with Gasteiger partial charge in [0.05, 0.1) is 12.4 Å². The van der Waals surface area contributed by atoms with Crippen molar-refractivity contribution in [1.29, 1.82) is 0 Å². The highest BCUT2D eigenvalue weighted by atomic mass is 32.2. The Balaban J connectivity index is 1.46. The first-order chi connectivity index (χ1) is 17.0. The van der Waals surface area contributed by atoms with Crippen LogP contribution in [0.4, 0.5) is 5.00 Å². The van der Waals surface area contributed by atoms with Crippen molar-refractivity contribution in [3.63, 3.8) is 0 Å². The van der Waals surface area contributed by atoms with Crippen molar-refractivity contribution in [2.45, 2.75) is 31.8 Å². The van der Waals surface area contributed by atoms with Crippen molar-refractivity contribution in [3.05, 3.63) is 57.6 Å². The van der Waals surface area contributed by atoms with Gasteiger partial charge in [-0.15, -0.1) is 32.9 Å². The summed E-state index contributed by atoms with van der Waals surface area (Å²) in [4.78, 5) is 26.8. The van der Waals surface area contributed by atoms with Crippen LogP contribution >= 0.6 is 34.4 Å². The molecule has 0 aliphatic heterocycles. The highest BCUT2D eigenvalue weighted by Crippen LogP contribution is 2.36. The quantitative estimate of drug-likeness (QED) is 0.198. The summed E-state index contributed by atoms with van der Waals surface area (Å²) >= 11 is 4.34. The topological polar surface area (TPSA) is 86.1 Å². The molecule has 0 unspecified atom stereocenters. The third-order valence-electron chi connectivity index (χ3n) is 5.18. The Morgan fingerprint density at radius 3 is 2.63 bits per heavy atom. The molecule has 4 rings (SSSR count). The number of carbonyl (C=O) groups is 2. The van der Waals surface area contributed by atoms with Crippen LogP contribution in [-0.2, 0) is 23.0 Å². The molecule has 0 saturated heterocycles. The molecule has 0 aliphatic carbocycles. The van der Waals surface area contributed by atoms with E-state index >= 15 is 0 Å². The van der Waals surface area contributed by atoms with Gasteiger partial charge in [0, 0.05) is 33.8 Å². The Morgan fingerprint density at radius 1 is 1.09 bits per heavy atom. The van der Waals surface area contributed by atoms with Crippen LogP contribution in [0.25, 0.3) is 22.5 Å². The number of thiophene rings is 2. The zero-order chi connectivity index (χ0) is 24.8. The number of amides is 1. The standard InChI is InChI=1S/C25H26N4O3S3/c1-4-9-18-12-17(13-33-18)22-27-28-25(29(22)3)35-15-20(30)26-23-21(24(31)32-5-2)19(14-34-23)16-10-7-6-8-11-16/h6-8,10-14H,4-5,9,15H2,1-3H3,(H,26,30). The summed E-state index contributed by atoms with van der Waals surface area (Å²) in [6, 6.07) is 11.7. The molecule has 10 heteroatoms. The van der Waals surface area contributed by atoms with E-state index in [1.165, 1.54) is 28.0 Å². The fraction of sp³-hybridized carbons (Fsp3) is 0.280. The SMILES string of the molecule is CCCc1cc(-c2nnc(SCC(=O)Nc3scc(-c4ccccc4)c3C(=O)OCC)n2C)cs1. The van der Waals surface area contributed by atoms with Crippen molar-refractivity contribution in [3.8, 4) is 22.5 Å². The minimum Gasteiger partial charge on any atom is -0.462 e. The summed E-state index contributed by atoms with van der Waals surface area (Å²) in [5.74, 6) is 0.234. The van der Waals surface area contributed by atoms with Crippen molar-refractivity contribution >= 4 is 51.3 Å². The second-order valence-electron chi connectivity index (χ2n) is 7.69. The van der Waals surface area contributed by atoms with E-state index in [2.05, 4.69) is 33.9 Å². The highest BCUT2D eigenvalue weighted by Gasteiger charge is 2.23. The maximum Gasteiger partial charge on any atom is 0.341 e. The third kappa shape index (κ3) is 5.83. The molecule has 1 N–H and O–H groups in total. The summed E-state index contributed by atoms with van der Waals surface area (Å²) in [5, 5.41) is 16.6. The number of thioether (sulfide) groups is 1.